The summed E-state index contributed by atoms with van der Waals surface area (Å²) in [6.07, 6.45) is 4.00. The maximum atomic E-state index is 9.95. The maximum Gasteiger partial charge on any atom is 0.250 e. The van der Waals surface area contributed by atoms with Gasteiger partial charge in [-0.15, -0.1) is 0 Å². The van der Waals surface area contributed by atoms with E-state index < -0.39 is 8.32 Å². The van der Waals surface area contributed by atoms with Crippen molar-refractivity contribution in [2.45, 2.75) is 38.9 Å². The molecule has 2 aromatic rings. The maximum absolute atomic E-state index is 9.95. The summed E-state index contributed by atoms with van der Waals surface area (Å²) in [5.74, 6) is 2.45. The van der Waals surface area contributed by atoms with Gasteiger partial charge in [0, 0.05) is 17.7 Å². The third-order valence-corrected chi connectivity index (χ3v) is 9.60. The number of phenols is 1. The fourth-order valence-electron chi connectivity index (χ4n) is 3.06. The van der Waals surface area contributed by atoms with Crippen LogP contribution >= 0.6 is 0 Å². The average molecular weight is 387 g/mol. The summed E-state index contributed by atoms with van der Waals surface area (Å²) in [4.78, 5) is 0. The molecule has 2 rings (SSSR count). The van der Waals surface area contributed by atoms with Crippen molar-refractivity contribution < 1.29 is 19.0 Å². The highest BCUT2D eigenvalue weighted by molar-refractivity contribution is 6.74. The molecule has 0 unspecified atom stereocenters. The molecule has 0 aliphatic heterocycles. The van der Waals surface area contributed by atoms with Crippen molar-refractivity contribution in [2.75, 3.05) is 14.2 Å². The zero-order chi connectivity index (χ0) is 19.9. The average Bonchev–Trinajstić information content (AvgIpc) is 2.71. The van der Waals surface area contributed by atoms with E-state index in [0.29, 0.717) is 0 Å². The summed E-state index contributed by atoms with van der Waals surface area (Å²) in [5.41, 5.74) is 1.91. The molecule has 146 valence electrons. The highest BCUT2D eigenvalue weighted by Gasteiger charge is 2.31. The van der Waals surface area contributed by atoms with Gasteiger partial charge in [0.25, 0.3) is 8.32 Å². The normalized spacial score (nSPS) is 11.6. The molecule has 0 atom stereocenters. The fourth-order valence-corrected chi connectivity index (χ4v) is 5.64. The molecule has 0 aliphatic carbocycles. The largest absolute Gasteiger partial charge is 0.543 e. The Labute approximate surface area is 163 Å². The summed E-state index contributed by atoms with van der Waals surface area (Å²) >= 11 is 0. The molecule has 0 heterocycles. The minimum absolute atomic E-state index is 0.219. The molecule has 0 fully saturated rings. The van der Waals surface area contributed by atoms with E-state index in [1.165, 1.54) is 0 Å². The van der Waals surface area contributed by atoms with Gasteiger partial charge in [-0.2, -0.15) is 0 Å². The number of benzene rings is 2. The molecule has 1 N–H and O–H groups in total. The lowest BCUT2D eigenvalue weighted by Gasteiger charge is -2.29. The predicted octanol–water partition coefficient (Wildman–Crippen LogP) is 5.96. The lowest BCUT2D eigenvalue weighted by Crippen LogP contribution is -2.39. The van der Waals surface area contributed by atoms with E-state index in [-0.39, 0.29) is 5.75 Å². The van der Waals surface area contributed by atoms with Crippen molar-refractivity contribution in [1.82, 2.24) is 0 Å². The quantitative estimate of drug-likeness (QED) is 0.426. The molecule has 5 heteroatoms. The van der Waals surface area contributed by atoms with Crippen molar-refractivity contribution in [3.05, 3.63) is 47.5 Å². The minimum atomic E-state index is -1.84. The van der Waals surface area contributed by atoms with Gasteiger partial charge in [-0.05, 0) is 48.0 Å². The molecule has 0 amide bonds. The van der Waals surface area contributed by atoms with Crippen molar-refractivity contribution in [3.8, 4) is 23.0 Å². The van der Waals surface area contributed by atoms with Crippen LogP contribution in [0.5, 0.6) is 23.0 Å². The first-order valence-electron chi connectivity index (χ1n) is 9.42. The van der Waals surface area contributed by atoms with Crippen LogP contribution < -0.4 is 13.9 Å². The predicted molar refractivity (Wildman–Crippen MR) is 114 cm³/mol. The Morgan fingerprint density at radius 3 is 1.96 bits per heavy atom. The Morgan fingerprint density at radius 2 is 1.44 bits per heavy atom. The van der Waals surface area contributed by atoms with Crippen LogP contribution in [0.2, 0.25) is 18.1 Å². The highest BCUT2D eigenvalue weighted by Crippen LogP contribution is 2.32. The highest BCUT2D eigenvalue weighted by atomic mass is 28.4. The Hall–Kier alpha value is -2.40. The van der Waals surface area contributed by atoms with Crippen molar-refractivity contribution in [1.29, 1.82) is 0 Å². The standard InChI is InChI=1S/C22H30O4Si/c1-6-27(7-2,8-3)26-22-15-19(23)12-11-18(22)10-9-17-13-20(24-4)16-21(14-17)25-5/h9-16,23H,6-8H2,1-5H3. The number of aromatic hydroxyl groups is 1. The van der Waals surface area contributed by atoms with Crippen LogP contribution in [0.1, 0.15) is 31.9 Å². The number of hydrogen-bond donors (Lipinski definition) is 1. The molecule has 2 aromatic carbocycles. The van der Waals surface area contributed by atoms with Crippen molar-refractivity contribution in [2.24, 2.45) is 0 Å². The molecule has 0 radical (unpaired) electrons. The molecule has 27 heavy (non-hydrogen) atoms. The van der Waals surface area contributed by atoms with Gasteiger partial charge in [0.2, 0.25) is 0 Å². The van der Waals surface area contributed by atoms with Crippen LogP contribution in [-0.4, -0.2) is 27.6 Å². The van der Waals surface area contributed by atoms with E-state index in [1.54, 1.807) is 26.4 Å². The fraction of sp³-hybridized carbons (Fsp3) is 0.364. The molecule has 0 saturated carbocycles. The molecule has 0 spiro atoms. The summed E-state index contributed by atoms with van der Waals surface area (Å²) < 4.78 is 17.2. The summed E-state index contributed by atoms with van der Waals surface area (Å²) in [7, 11) is 1.44. The van der Waals surface area contributed by atoms with E-state index in [2.05, 4.69) is 20.8 Å². The second-order valence-corrected chi connectivity index (χ2v) is 11.2. The van der Waals surface area contributed by atoms with Gasteiger partial charge < -0.3 is 19.0 Å². The van der Waals surface area contributed by atoms with Crippen LogP contribution in [0.25, 0.3) is 12.2 Å². The van der Waals surface area contributed by atoms with Gasteiger partial charge in [-0.25, -0.2) is 0 Å². The van der Waals surface area contributed by atoms with Gasteiger partial charge in [0.15, 0.2) is 0 Å². The Morgan fingerprint density at radius 1 is 0.852 bits per heavy atom. The van der Waals surface area contributed by atoms with Gasteiger partial charge in [-0.1, -0.05) is 32.9 Å². The molecule has 0 aliphatic rings. The minimum Gasteiger partial charge on any atom is -0.543 e. The SMILES string of the molecule is CC[Si](CC)(CC)Oc1cc(O)ccc1C=Cc1cc(OC)cc(OC)c1. The van der Waals surface area contributed by atoms with Crippen LogP contribution in [-0.2, 0) is 0 Å². The van der Waals surface area contributed by atoms with Crippen molar-refractivity contribution in [3.63, 3.8) is 0 Å². The lowest BCUT2D eigenvalue weighted by molar-refractivity contribution is 0.394. The summed E-state index contributed by atoms with van der Waals surface area (Å²) in [6, 6.07) is 14.2. The van der Waals surface area contributed by atoms with Gasteiger partial charge in [0.1, 0.15) is 23.0 Å². The molecular formula is C22H30O4Si. The smallest absolute Gasteiger partial charge is 0.250 e. The zero-order valence-corrected chi connectivity index (χ0v) is 17.9. The molecule has 0 aromatic heterocycles. The van der Waals surface area contributed by atoms with E-state index in [0.717, 1.165) is 46.5 Å². The third kappa shape index (κ3) is 5.29. The third-order valence-electron chi connectivity index (χ3n) is 5.09. The Bertz CT molecular complexity index is 751. The van der Waals surface area contributed by atoms with Gasteiger partial charge in [-0.3, -0.25) is 0 Å². The van der Waals surface area contributed by atoms with Crippen LogP contribution in [0.15, 0.2) is 36.4 Å². The summed E-state index contributed by atoms with van der Waals surface area (Å²) in [6.45, 7) is 6.58. The second kappa shape index (κ2) is 9.51. The topological polar surface area (TPSA) is 47.9 Å². The van der Waals surface area contributed by atoms with E-state index >= 15 is 0 Å². The zero-order valence-electron chi connectivity index (χ0n) is 16.9. The molecular weight excluding hydrogens is 356 g/mol. The molecule has 4 nitrogen and oxygen atoms in total. The van der Waals surface area contributed by atoms with Crippen molar-refractivity contribution >= 4 is 20.5 Å². The lowest BCUT2D eigenvalue weighted by atomic mass is 10.1. The van der Waals surface area contributed by atoms with E-state index in [4.69, 9.17) is 13.9 Å². The number of hydrogen-bond acceptors (Lipinski definition) is 4. The number of methoxy groups -OCH3 is 2. The summed E-state index contributed by atoms with van der Waals surface area (Å²) in [5, 5.41) is 9.95. The van der Waals surface area contributed by atoms with E-state index in [9.17, 15) is 5.11 Å². The molecule has 0 bridgehead atoms. The van der Waals surface area contributed by atoms with Gasteiger partial charge in [0.05, 0.1) is 14.2 Å². The van der Waals surface area contributed by atoms with Crippen LogP contribution in [0.3, 0.4) is 0 Å². The van der Waals surface area contributed by atoms with Gasteiger partial charge >= 0.3 is 0 Å². The Kier molecular flexibility index (Phi) is 7.36. The number of ether oxygens (including phenoxy) is 2. The van der Waals surface area contributed by atoms with Crippen LogP contribution in [0, 0.1) is 0 Å². The van der Waals surface area contributed by atoms with E-state index in [1.807, 2.05) is 36.4 Å². The monoisotopic (exact) mass is 386 g/mol. The number of rotatable bonds is 9. The molecule has 0 saturated heterocycles. The first-order valence-corrected chi connectivity index (χ1v) is 11.9. The number of phenolic OH excluding ortho intramolecular Hbond substituents is 1. The van der Waals surface area contributed by atoms with Crippen LogP contribution in [0.4, 0.5) is 0 Å². The first-order chi connectivity index (χ1) is 13.0. The Balaban J connectivity index is 2.38. The second-order valence-electron chi connectivity index (χ2n) is 6.55. The first kappa shape index (κ1) is 20.9.